The second-order valence-corrected chi connectivity index (χ2v) is 9.70. The van der Waals surface area contributed by atoms with Crippen LogP contribution >= 0.6 is 0 Å². The third-order valence-electron chi connectivity index (χ3n) is 6.74. The van der Waals surface area contributed by atoms with Crippen molar-refractivity contribution in [2.45, 2.75) is 64.6 Å². The monoisotopic (exact) mass is 505 g/mol. The second-order valence-electron chi connectivity index (χ2n) is 9.70. The van der Waals surface area contributed by atoms with E-state index in [0.29, 0.717) is 36.7 Å². The van der Waals surface area contributed by atoms with Crippen molar-refractivity contribution in [3.05, 3.63) is 59.4 Å². The quantitative estimate of drug-likeness (QED) is 0.332. The lowest BCUT2D eigenvalue weighted by molar-refractivity contribution is -0.141. The molecule has 1 unspecified atom stereocenters. The minimum atomic E-state index is -1.03. The van der Waals surface area contributed by atoms with E-state index >= 15 is 0 Å². The molecule has 0 saturated heterocycles. The van der Waals surface area contributed by atoms with Crippen LogP contribution in [0.4, 0.5) is 5.69 Å². The number of H-pyrrole nitrogens is 1. The predicted molar refractivity (Wildman–Crippen MR) is 142 cm³/mol. The summed E-state index contributed by atoms with van der Waals surface area (Å²) in [5, 5.41) is 12.5. The minimum Gasteiger partial charge on any atom is -0.481 e. The number of carboxylic acids is 1. The first kappa shape index (κ1) is 26.2. The van der Waals surface area contributed by atoms with E-state index in [1.54, 1.807) is 35.0 Å². The molecule has 0 aliphatic carbocycles. The number of anilines is 1. The number of rotatable bonds is 11. The third-order valence-corrected chi connectivity index (χ3v) is 6.74. The molecule has 9 nitrogen and oxygen atoms in total. The largest absolute Gasteiger partial charge is 0.481 e. The fourth-order valence-electron chi connectivity index (χ4n) is 4.76. The van der Waals surface area contributed by atoms with Gasteiger partial charge in [-0.25, -0.2) is 4.98 Å². The van der Waals surface area contributed by atoms with Gasteiger partial charge in [-0.2, -0.15) is 0 Å². The lowest BCUT2D eigenvalue weighted by Gasteiger charge is -2.24. The van der Waals surface area contributed by atoms with Crippen molar-refractivity contribution in [2.75, 3.05) is 18.9 Å². The molecule has 9 heteroatoms. The van der Waals surface area contributed by atoms with E-state index in [1.807, 2.05) is 24.3 Å². The number of carbonyl (C=O) groups excluding carboxylic acids is 2. The van der Waals surface area contributed by atoms with E-state index in [4.69, 9.17) is 0 Å². The number of aromatic amines is 1. The number of para-hydroxylation sites is 2. The van der Waals surface area contributed by atoms with E-state index in [-0.39, 0.29) is 18.2 Å². The van der Waals surface area contributed by atoms with Gasteiger partial charge in [-0.15, -0.1) is 0 Å². The number of nitrogens with zero attached hydrogens (tertiary/aromatic N) is 3. The van der Waals surface area contributed by atoms with Crippen molar-refractivity contribution in [3.8, 4) is 0 Å². The first-order chi connectivity index (χ1) is 17.9. The number of carboxylic acid groups (broad SMARTS) is 1. The van der Waals surface area contributed by atoms with Crippen molar-refractivity contribution in [3.63, 3.8) is 0 Å². The summed E-state index contributed by atoms with van der Waals surface area (Å²) in [6, 6.07) is 12.2. The average Bonchev–Trinajstić information content (AvgIpc) is 3.24. The summed E-state index contributed by atoms with van der Waals surface area (Å²) in [5.74, 6) is -0.711. The van der Waals surface area contributed by atoms with Crippen LogP contribution in [-0.2, 0) is 22.7 Å². The van der Waals surface area contributed by atoms with Crippen LogP contribution < -0.4 is 5.32 Å². The van der Waals surface area contributed by atoms with E-state index in [1.165, 1.54) is 0 Å². The van der Waals surface area contributed by atoms with E-state index in [2.05, 4.69) is 22.2 Å². The number of hydrogen-bond acceptors (Lipinski definition) is 5. The molecular weight excluding hydrogens is 470 g/mol. The van der Waals surface area contributed by atoms with E-state index in [9.17, 15) is 19.5 Å². The number of aromatic nitrogens is 2. The van der Waals surface area contributed by atoms with Gasteiger partial charge in [0.1, 0.15) is 11.9 Å². The Labute approximate surface area is 216 Å². The van der Waals surface area contributed by atoms with Gasteiger partial charge in [0.05, 0.1) is 24.0 Å². The topological polar surface area (TPSA) is 119 Å². The number of unbranched alkanes of at least 4 members (excludes halogenated alkanes) is 4. The summed E-state index contributed by atoms with van der Waals surface area (Å²) in [5.41, 5.74) is 3.77. The van der Waals surface area contributed by atoms with Crippen LogP contribution in [0, 0.1) is 0 Å². The molecule has 0 fully saturated rings. The molecule has 0 spiro atoms. The Bertz CT molecular complexity index is 1240. The molecule has 1 atom stereocenters. The Morgan fingerprint density at radius 3 is 2.68 bits per heavy atom. The Hall–Kier alpha value is -3.88. The average molecular weight is 506 g/mol. The van der Waals surface area contributed by atoms with Crippen molar-refractivity contribution < 1.29 is 19.5 Å². The molecule has 1 aliphatic rings. The van der Waals surface area contributed by atoms with Gasteiger partial charge < -0.3 is 25.2 Å². The zero-order valence-corrected chi connectivity index (χ0v) is 21.5. The van der Waals surface area contributed by atoms with Crippen LogP contribution in [0.25, 0.3) is 11.0 Å². The SMILES string of the molecule is CCCCCCCN1Cc2cc(C(=O)N(C)Cc3nc4ccccc4[nH]3)ccc2NC(CC(=O)O)C1=O. The van der Waals surface area contributed by atoms with Crippen molar-refractivity contribution in [1.29, 1.82) is 0 Å². The van der Waals surface area contributed by atoms with E-state index < -0.39 is 12.0 Å². The number of nitrogens with one attached hydrogen (secondary N) is 2. The van der Waals surface area contributed by atoms with Crippen LogP contribution in [0.5, 0.6) is 0 Å². The highest BCUT2D eigenvalue weighted by molar-refractivity contribution is 5.95. The lowest BCUT2D eigenvalue weighted by Crippen LogP contribution is -2.42. The molecule has 1 aromatic heterocycles. The smallest absolute Gasteiger partial charge is 0.305 e. The predicted octanol–water partition coefficient (Wildman–Crippen LogP) is 4.40. The van der Waals surface area contributed by atoms with Crippen molar-refractivity contribution in [1.82, 2.24) is 19.8 Å². The van der Waals surface area contributed by atoms with Gasteiger partial charge in [0, 0.05) is 31.4 Å². The van der Waals surface area contributed by atoms with Gasteiger partial charge in [-0.3, -0.25) is 14.4 Å². The summed E-state index contributed by atoms with van der Waals surface area (Å²) < 4.78 is 0. The zero-order chi connectivity index (χ0) is 26.4. The Morgan fingerprint density at radius 2 is 1.92 bits per heavy atom. The Balaban J connectivity index is 1.51. The molecule has 4 rings (SSSR count). The number of amides is 2. The van der Waals surface area contributed by atoms with Crippen LogP contribution in [0.3, 0.4) is 0 Å². The first-order valence-electron chi connectivity index (χ1n) is 12.9. The molecule has 196 valence electrons. The van der Waals surface area contributed by atoms with Crippen LogP contribution in [0.15, 0.2) is 42.5 Å². The molecule has 2 heterocycles. The molecule has 3 aromatic rings. The number of aliphatic carboxylic acids is 1. The summed E-state index contributed by atoms with van der Waals surface area (Å²) in [6.45, 7) is 3.37. The standard InChI is InChI=1S/C28H35N5O4/c1-3-4-5-6-9-14-33-17-20-15-19(12-13-21(20)29-24(28(33)37)16-26(34)35)27(36)32(2)18-25-30-22-10-7-8-11-23(22)31-25/h7-8,10-13,15,24,29H,3-6,9,14,16-18H2,1-2H3,(H,30,31)(H,34,35). The highest BCUT2D eigenvalue weighted by Gasteiger charge is 2.31. The Kier molecular flexibility index (Phi) is 8.43. The summed E-state index contributed by atoms with van der Waals surface area (Å²) >= 11 is 0. The minimum absolute atomic E-state index is 0.160. The molecular formula is C28H35N5O4. The summed E-state index contributed by atoms with van der Waals surface area (Å²) in [7, 11) is 1.73. The summed E-state index contributed by atoms with van der Waals surface area (Å²) in [6.07, 6.45) is 5.00. The maximum Gasteiger partial charge on any atom is 0.305 e. The van der Waals surface area contributed by atoms with Gasteiger partial charge in [0.15, 0.2) is 0 Å². The maximum absolute atomic E-state index is 13.3. The molecule has 2 aromatic carbocycles. The fraction of sp³-hybridized carbons (Fsp3) is 0.429. The first-order valence-corrected chi connectivity index (χ1v) is 12.9. The normalized spacial score (nSPS) is 15.2. The molecule has 3 N–H and O–H groups in total. The van der Waals surface area contributed by atoms with Crippen molar-refractivity contribution >= 4 is 34.5 Å². The highest BCUT2D eigenvalue weighted by Crippen LogP contribution is 2.26. The van der Waals surface area contributed by atoms with Crippen LogP contribution in [0.1, 0.15) is 67.2 Å². The van der Waals surface area contributed by atoms with Gasteiger partial charge >= 0.3 is 5.97 Å². The molecule has 2 amide bonds. The van der Waals surface area contributed by atoms with Crippen LogP contribution in [0.2, 0.25) is 0 Å². The Morgan fingerprint density at radius 1 is 1.14 bits per heavy atom. The number of carbonyl (C=O) groups is 3. The van der Waals surface area contributed by atoms with Crippen molar-refractivity contribution in [2.24, 2.45) is 0 Å². The lowest BCUT2D eigenvalue weighted by atomic mass is 10.1. The van der Waals surface area contributed by atoms with E-state index in [0.717, 1.165) is 48.7 Å². The number of imidazole rings is 1. The number of hydrogen-bond donors (Lipinski definition) is 3. The highest BCUT2D eigenvalue weighted by atomic mass is 16.4. The molecule has 0 saturated carbocycles. The molecule has 1 aliphatic heterocycles. The zero-order valence-electron chi connectivity index (χ0n) is 21.5. The fourth-order valence-corrected chi connectivity index (χ4v) is 4.76. The third kappa shape index (κ3) is 6.47. The second kappa shape index (κ2) is 11.9. The van der Waals surface area contributed by atoms with Crippen LogP contribution in [-0.4, -0.2) is 62.3 Å². The van der Waals surface area contributed by atoms with Gasteiger partial charge in [-0.1, -0.05) is 44.7 Å². The van der Waals surface area contributed by atoms with Gasteiger partial charge in [0.2, 0.25) is 5.91 Å². The van der Waals surface area contributed by atoms with Gasteiger partial charge in [-0.05, 0) is 42.3 Å². The molecule has 0 bridgehead atoms. The molecule has 37 heavy (non-hydrogen) atoms. The maximum atomic E-state index is 13.3. The number of benzene rings is 2. The van der Waals surface area contributed by atoms with Gasteiger partial charge in [0.25, 0.3) is 5.91 Å². The number of fused-ring (bicyclic) bond motifs is 2. The summed E-state index contributed by atoms with van der Waals surface area (Å²) in [4.78, 5) is 49.0. The molecule has 0 radical (unpaired) electrons.